The molecule has 5 nitrogen and oxygen atoms in total. The van der Waals surface area contributed by atoms with Gasteiger partial charge in [0.05, 0.1) is 6.61 Å². The van der Waals surface area contributed by atoms with Crippen LogP contribution in [0.5, 0.6) is 0 Å². The highest BCUT2D eigenvalue weighted by Gasteiger charge is 2.32. The Balaban J connectivity index is 0. The summed E-state index contributed by atoms with van der Waals surface area (Å²) in [7, 11) is 0. The van der Waals surface area contributed by atoms with Crippen LogP contribution in [-0.4, -0.2) is 26.7 Å². The standard InChI is InChI=1S/C4H8O2.C3Cl6O3/c1-3-6-4(2)5;4-2(5,6)11-1(10)12-3(7,8)9/h3H2,1-2H3;. The number of carbonyl (C=O) groups is 2. The number of esters is 1. The number of ether oxygens (including phenoxy) is 3. The normalized spacial score (nSPS) is 10.9. The Labute approximate surface area is 133 Å². The Morgan fingerprint density at radius 1 is 0.944 bits per heavy atom. The topological polar surface area (TPSA) is 61.8 Å². The van der Waals surface area contributed by atoms with Crippen LogP contribution < -0.4 is 0 Å². The maximum absolute atomic E-state index is 10.5. The van der Waals surface area contributed by atoms with E-state index in [2.05, 4.69) is 14.2 Å². The van der Waals surface area contributed by atoms with Crippen LogP contribution in [0.3, 0.4) is 0 Å². The Kier molecular flexibility index (Phi) is 10.9. The van der Waals surface area contributed by atoms with Crippen LogP contribution >= 0.6 is 69.6 Å². The van der Waals surface area contributed by atoms with E-state index >= 15 is 0 Å². The van der Waals surface area contributed by atoms with Crippen molar-refractivity contribution in [1.29, 1.82) is 0 Å². The molecule has 0 aromatic rings. The average Bonchev–Trinajstić information content (AvgIpc) is 1.95. The highest BCUT2D eigenvalue weighted by molar-refractivity contribution is 6.67. The maximum Gasteiger partial charge on any atom is 0.515 e. The van der Waals surface area contributed by atoms with E-state index in [1.165, 1.54) is 6.92 Å². The van der Waals surface area contributed by atoms with Crippen LogP contribution in [0.4, 0.5) is 4.79 Å². The zero-order valence-electron chi connectivity index (χ0n) is 9.02. The van der Waals surface area contributed by atoms with E-state index in [0.717, 1.165) is 0 Å². The largest absolute Gasteiger partial charge is 0.515 e. The van der Waals surface area contributed by atoms with Gasteiger partial charge in [-0.15, -0.1) is 0 Å². The van der Waals surface area contributed by atoms with Crippen molar-refractivity contribution in [2.24, 2.45) is 0 Å². The Morgan fingerprint density at radius 3 is 1.39 bits per heavy atom. The molecule has 0 bridgehead atoms. The molecule has 0 heterocycles. The first-order valence-electron chi connectivity index (χ1n) is 4.06. The van der Waals surface area contributed by atoms with Crippen molar-refractivity contribution in [3.05, 3.63) is 0 Å². The molecule has 18 heavy (non-hydrogen) atoms. The molecular weight excluding hydrogens is 377 g/mol. The van der Waals surface area contributed by atoms with E-state index in [0.29, 0.717) is 6.61 Å². The predicted molar refractivity (Wildman–Crippen MR) is 70.5 cm³/mol. The Morgan fingerprint density at radius 2 is 1.28 bits per heavy atom. The van der Waals surface area contributed by atoms with E-state index in [4.69, 9.17) is 69.6 Å². The van der Waals surface area contributed by atoms with Crippen LogP contribution in [0, 0.1) is 0 Å². The number of hydrogen-bond acceptors (Lipinski definition) is 5. The van der Waals surface area contributed by atoms with E-state index in [1.54, 1.807) is 6.92 Å². The molecule has 0 aromatic carbocycles. The third-order valence-corrected chi connectivity index (χ3v) is 1.21. The van der Waals surface area contributed by atoms with E-state index in [-0.39, 0.29) is 5.97 Å². The van der Waals surface area contributed by atoms with Gasteiger partial charge in [0.15, 0.2) is 0 Å². The number of halogens is 6. The van der Waals surface area contributed by atoms with Gasteiger partial charge in [-0.05, 0) is 76.5 Å². The third-order valence-electron chi connectivity index (χ3n) is 0.746. The number of rotatable bonds is 1. The van der Waals surface area contributed by atoms with Crippen molar-refractivity contribution < 1.29 is 23.8 Å². The highest BCUT2D eigenvalue weighted by Crippen LogP contribution is 2.32. The van der Waals surface area contributed by atoms with E-state index in [9.17, 15) is 9.59 Å². The van der Waals surface area contributed by atoms with Gasteiger partial charge in [-0.25, -0.2) is 4.79 Å². The summed E-state index contributed by atoms with van der Waals surface area (Å²) in [5.74, 6) is -0.211. The molecule has 0 aromatic heterocycles. The quantitative estimate of drug-likeness (QED) is 0.496. The summed E-state index contributed by atoms with van der Waals surface area (Å²) in [5, 5.41) is 0. The lowest BCUT2D eigenvalue weighted by molar-refractivity contribution is -0.140. The first-order chi connectivity index (χ1) is 7.87. The van der Waals surface area contributed by atoms with E-state index in [1.807, 2.05) is 0 Å². The first-order valence-corrected chi connectivity index (χ1v) is 6.33. The molecule has 0 rings (SSSR count). The SMILES string of the molecule is CCOC(C)=O.O=C(OC(Cl)(Cl)Cl)OC(Cl)(Cl)Cl. The van der Waals surface area contributed by atoms with Gasteiger partial charge in [-0.1, -0.05) is 0 Å². The van der Waals surface area contributed by atoms with Crippen molar-refractivity contribution in [1.82, 2.24) is 0 Å². The lowest BCUT2D eigenvalue weighted by Crippen LogP contribution is -2.22. The molecule has 0 saturated carbocycles. The highest BCUT2D eigenvalue weighted by atomic mass is 35.6. The van der Waals surface area contributed by atoms with Crippen LogP contribution in [0.1, 0.15) is 13.8 Å². The van der Waals surface area contributed by atoms with Gasteiger partial charge >= 0.3 is 20.1 Å². The average molecular weight is 385 g/mol. The van der Waals surface area contributed by atoms with Crippen molar-refractivity contribution >= 4 is 81.7 Å². The summed E-state index contributed by atoms with van der Waals surface area (Å²) in [6, 6.07) is 0. The fourth-order valence-electron chi connectivity index (χ4n) is 0.413. The molecule has 0 fully saturated rings. The summed E-state index contributed by atoms with van der Waals surface area (Å²) in [5.41, 5.74) is 0. The van der Waals surface area contributed by atoms with Gasteiger partial charge in [-0.2, -0.15) is 0 Å². The van der Waals surface area contributed by atoms with Gasteiger partial charge in [0.2, 0.25) is 0 Å². The summed E-state index contributed by atoms with van der Waals surface area (Å²) >= 11 is 30.2. The predicted octanol–water partition coefficient (Wildman–Crippen LogP) is 4.36. The zero-order valence-corrected chi connectivity index (χ0v) is 13.6. The van der Waals surface area contributed by atoms with Crippen LogP contribution in [-0.2, 0) is 19.0 Å². The van der Waals surface area contributed by atoms with Crippen molar-refractivity contribution in [2.45, 2.75) is 21.8 Å². The molecule has 0 aliphatic heterocycles. The molecule has 0 amide bonds. The van der Waals surface area contributed by atoms with Crippen LogP contribution in [0.15, 0.2) is 0 Å². The van der Waals surface area contributed by atoms with Crippen molar-refractivity contribution in [3.63, 3.8) is 0 Å². The van der Waals surface area contributed by atoms with Gasteiger partial charge in [0, 0.05) is 6.92 Å². The molecule has 0 aliphatic carbocycles. The van der Waals surface area contributed by atoms with Gasteiger partial charge < -0.3 is 14.2 Å². The fraction of sp³-hybridized carbons (Fsp3) is 0.714. The van der Waals surface area contributed by atoms with Crippen molar-refractivity contribution in [3.8, 4) is 0 Å². The summed E-state index contributed by atoms with van der Waals surface area (Å²) in [6.45, 7) is 3.65. The number of alkyl halides is 6. The maximum atomic E-state index is 10.5. The van der Waals surface area contributed by atoms with Crippen molar-refractivity contribution in [2.75, 3.05) is 6.61 Å². The fourth-order valence-corrected chi connectivity index (χ4v) is 0.791. The molecule has 108 valence electrons. The molecular formula is C7H8Cl6O5. The molecule has 0 spiro atoms. The van der Waals surface area contributed by atoms with Gasteiger partial charge in [0.1, 0.15) is 0 Å². The molecule has 0 radical (unpaired) electrons. The first kappa shape index (κ1) is 20.8. The lowest BCUT2D eigenvalue weighted by Gasteiger charge is -2.15. The summed E-state index contributed by atoms with van der Waals surface area (Å²) in [4.78, 5) is 20.3. The molecule has 0 unspecified atom stereocenters. The van der Waals surface area contributed by atoms with Crippen LogP contribution in [0.25, 0.3) is 0 Å². The zero-order chi connectivity index (χ0) is 15.0. The second kappa shape index (κ2) is 9.39. The second-order valence-electron chi connectivity index (χ2n) is 2.27. The smallest absolute Gasteiger partial charge is 0.466 e. The Bertz CT molecular complexity index is 252. The van der Waals surface area contributed by atoms with E-state index < -0.39 is 14.1 Å². The minimum Gasteiger partial charge on any atom is -0.466 e. The minimum absolute atomic E-state index is 0.211. The molecule has 0 atom stereocenters. The second-order valence-corrected chi connectivity index (χ2v) is 6.62. The molecule has 0 saturated heterocycles. The minimum atomic E-state index is -2.24. The number of hydrogen-bond donors (Lipinski definition) is 0. The Hall–Kier alpha value is 0.480. The molecule has 0 aliphatic rings. The summed E-state index contributed by atoms with van der Waals surface area (Å²) < 4.78 is 7.91. The molecule has 11 heteroatoms. The molecule has 0 N–H and O–H groups in total. The van der Waals surface area contributed by atoms with Crippen LogP contribution in [0.2, 0.25) is 0 Å². The van der Waals surface area contributed by atoms with Gasteiger partial charge in [-0.3, -0.25) is 4.79 Å². The summed E-state index contributed by atoms with van der Waals surface area (Å²) in [6.07, 6.45) is -1.41. The lowest BCUT2D eigenvalue weighted by atomic mass is 10.8. The monoisotopic (exact) mass is 382 g/mol. The van der Waals surface area contributed by atoms with Gasteiger partial charge in [0.25, 0.3) is 0 Å². The third kappa shape index (κ3) is 21.7. The number of carbonyl (C=O) groups excluding carboxylic acids is 2.